The molecule has 6 heteroatoms. The Bertz CT molecular complexity index is 452. The molecule has 102 valence electrons. The van der Waals surface area contributed by atoms with Gasteiger partial charge in [-0.3, -0.25) is 14.6 Å². The van der Waals surface area contributed by atoms with Gasteiger partial charge in [0.25, 0.3) is 0 Å². The summed E-state index contributed by atoms with van der Waals surface area (Å²) in [6.45, 7) is 1.15. The van der Waals surface area contributed by atoms with Gasteiger partial charge in [0.1, 0.15) is 13.1 Å². The Morgan fingerprint density at radius 1 is 1.16 bits per heavy atom. The van der Waals surface area contributed by atoms with Crippen LogP contribution in [0.3, 0.4) is 0 Å². The normalized spacial score (nSPS) is 10.6. The van der Waals surface area contributed by atoms with E-state index in [2.05, 4.69) is 5.10 Å². The van der Waals surface area contributed by atoms with E-state index in [0.717, 1.165) is 17.0 Å². The molecule has 0 aliphatic heterocycles. The fourth-order valence-corrected chi connectivity index (χ4v) is 1.44. The van der Waals surface area contributed by atoms with Crippen LogP contribution in [-0.4, -0.2) is 46.5 Å². The third kappa shape index (κ3) is 5.67. The predicted octanol–water partition coefficient (Wildman–Crippen LogP) is 1.05. The topological polar surface area (TPSA) is 90.2 Å². The van der Waals surface area contributed by atoms with Crippen molar-refractivity contribution >= 4 is 18.2 Å². The summed E-state index contributed by atoms with van der Waals surface area (Å²) in [6.07, 6.45) is 2.38. The lowest BCUT2D eigenvalue weighted by molar-refractivity contribution is -0.141. The first kappa shape index (κ1) is 14.7. The maximum absolute atomic E-state index is 10.6. The summed E-state index contributed by atoms with van der Waals surface area (Å²) in [5, 5.41) is 22.2. The number of rotatable bonds is 7. The van der Waals surface area contributed by atoms with Gasteiger partial charge in [-0.15, -0.1) is 0 Å². The Morgan fingerprint density at radius 3 is 2.11 bits per heavy atom. The molecular weight excluding hydrogens is 248 g/mol. The highest BCUT2D eigenvalue weighted by Crippen LogP contribution is 2.03. The number of hydrazone groups is 1. The van der Waals surface area contributed by atoms with Crippen molar-refractivity contribution in [3.8, 4) is 0 Å². The molecule has 0 heterocycles. The minimum atomic E-state index is -1.13. The molecule has 1 rings (SSSR count). The van der Waals surface area contributed by atoms with Gasteiger partial charge >= 0.3 is 11.9 Å². The molecule has 0 aliphatic carbocycles. The number of aliphatic carboxylic acids is 2. The highest BCUT2D eigenvalue weighted by molar-refractivity contribution is 5.80. The van der Waals surface area contributed by atoms with Crippen LogP contribution in [0.25, 0.3) is 0 Å². The number of nitrogens with zero attached hydrogens (tertiary/aromatic N) is 2. The zero-order valence-electron chi connectivity index (χ0n) is 10.6. The molecule has 0 radical (unpaired) electrons. The molecule has 1 aromatic rings. The summed E-state index contributed by atoms with van der Waals surface area (Å²) in [7, 11) is 0. The van der Waals surface area contributed by atoms with Gasteiger partial charge in [0.15, 0.2) is 0 Å². The van der Waals surface area contributed by atoms with Crippen LogP contribution in [0.1, 0.15) is 18.1 Å². The second-order valence-corrected chi connectivity index (χ2v) is 3.95. The lowest BCUT2D eigenvalue weighted by Crippen LogP contribution is -2.30. The molecule has 0 spiro atoms. The number of carboxylic acids is 2. The number of carbonyl (C=O) groups is 2. The largest absolute Gasteiger partial charge is 0.480 e. The van der Waals surface area contributed by atoms with Gasteiger partial charge in [0.05, 0.1) is 6.21 Å². The monoisotopic (exact) mass is 264 g/mol. The second kappa shape index (κ2) is 7.15. The van der Waals surface area contributed by atoms with E-state index in [4.69, 9.17) is 10.2 Å². The van der Waals surface area contributed by atoms with Gasteiger partial charge in [0.2, 0.25) is 0 Å². The molecule has 2 N–H and O–H groups in total. The lowest BCUT2D eigenvalue weighted by Gasteiger charge is -2.13. The predicted molar refractivity (Wildman–Crippen MR) is 70.3 cm³/mol. The van der Waals surface area contributed by atoms with Crippen molar-refractivity contribution in [3.05, 3.63) is 35.4 Å². The smallest absolute Gasteiger partial charge is 0.324 e. The van der Waals surface area contributed by atoms with Gasteiger partial charge in [-0.1, -0.05) is 31.2 Å². The maximum Gasteiger partial charge on any atom is 0.324 e. The van der Waals surface area contributed by atoms with Gasteiger partial charge < -0.3 is 10.2 Å². The number of benzene rings is 1. The standard InChI is InChI=1S/C13H16N2O4/c1-2-10-3-5-11(6-4-10)7-14-15(8-12(16)17)9-13(18)19/h3-7H,2,8-9H2,1H3,(H,16,17)(H,18,19)/b14-7-. The summed E-state index contributed by atoms with van der Waals surface area (Å²) in [5.41, 5.74) is 1.98. The first-order valence-electron chi connectivity index (χ1n) is 5.82. The summed E-state index contributed by atoms with van der Waals surface area (Å²) in [6, 6.07) is 7.59. The van der Waals surface area contributed by atoms with Crippen LogP contribution in [0.15, 0.2) is 29.4 Å². The van der Waals surface area contributed by atoms with Crippen LogP contribution >= 0.6 is 0 Å². The number of hydrogen-bond acceptors (Lipinski definition) is 4. The molecule has 0 aromatic heterocycles. The minimum Gasteiger partial charge on any atom is -0.480 e. The van der Waals surface area contributed by atoms with Crippen molar-refractivity contribution in [1.29, 1.82) is 0 Å². The fraction of sp³-hybridized carbons (Fsp3) is 0.308. The average Bonchev–Trinajstić information content (AvgIpc) is 2.35. The molecule has 0 fully saturated rings. The van der Waals surface area contributed by atoms with Crippen LogP contribution in [0.4, 0.5) is 0 Å². The van der Waals surface area contributed by atoms with Crippen LogP contribution in [0.2, 0.25) is 0 Å². The second-order valence-electron chi connectivity index (χ2n) is 3.95. The van der Waals surface area contributed by atoms with E-state index >= 15 is 0 Å². The third-order valence-corrected chi connectivity index (χ3v) is 2.39. The molecule has 0 saturated carbocycles. The minimum absolute atomic E-state index is 0.449. The molecule has 19 heavy (non-hydrogen) atoms. The Kier molecular flexibility index (Phi) is 5.53. The summed E-state index contributed by atoms with van der Waals surface area (Å²) in [5.74, 6) is -2.25. The Labute approximate surface area is 111 Å². The van der Waals surface area contributed by atoms with Crippen molar-refractivity contribution in [2.45, 2.75) is 13.3 Å². The molecule has 0 atom stereocenters. The molecular formula is C13H16N2O4. The van der Waals surface area contributed by atoms with Crippen LogP contribution < -0.4 is 0 Å². The number of aryl methyl sites for hydroxylation is 1. The molecule has 0 saturated heterocycles. The zero-order chi connectivity index (χ0) is 14.3. The number of carboxylic acid groups (broad SMARTS) is 2. The van der Waals surface area contributed by atoms with E-state index in [1.165, 1.54) is 11.8 Å². The molecule has 0 bridgehead atoms. The van der Waals surface area contributed by atoms with E-state index in [1.54, 1.807) is 0 Å². The van der Waals surface area contributed by atoms with E-state index < -0.39 is 25.0 Å². The van der Waals surface area contributed by atoms with E-state index in [9.17, 15) is 9.59 Å². The first-order chi connectivity index (χ1) is 9.01. The maximum atomic E-state index is 10.6. The molecule has 6 nitrogen and oxygen atoms in total. The van der Waals surface area contributed by atoms with E-state index in [1.807, 2.05) is 31.2 Å². The Hall–Kier alpha value is -2.37. The first-order valence-corrected chi connectivity index (χ1v) is 5.82. The summed E-state index contributed by atoms with van der Waals surface area (Å²) >= 11 is 0. The van der Waals surface area contributed by atoms with Crippen LogP contribution in [-0.2, 0) is 16.0 Å². The van der Waals surface area contributed by atoms with Crippen LogP contribution in [0, 0.1) is 0 Å². The van der Waals surface area contributed by atoms with Gasteiger partial charge in [-0.05, 0) is 17.5 Å². The van der Waals surface area contributed by atoms with Crippen LogP contribution in [0.5, 0.6) is 0 Å². The Morgan fingerprint density at radius 2 is 1.68 bits per heavy atom. The Balaban J connectivity index is 2.72. The fourth-order valence-electron chi connectivity index (χ4n) is 1.44. The van der Waals surface area contributed by atoms with Crippen molar-refractivity contribution in [3.63, 3.8) is 0 Å². The average molecular weight is 264 g/mol. The van der Waals surface area contributed by atoms with Gasteiger partial charge in [-0.2, -0.15) is 5.10 Å². The third-order valence-electron chi connectivity index (χ3n) is 2.39. The van der Waals surface area contributed by atoms with Crippen molar-refractivity contribution in [2.75, 3.05) is 13.1 Å². The highest BCUT2D eigenvalue weighted by atomic mass is 16.4. The summed E-state index contributed by atoms with van der Waals surface area (Å²) < 4.78 is 0. The van der Waals surface area contributed by atoms with E-state index in [-0.39, 0.29) is 0 Å². The van der Waals surface area contributed by atoms with Crippen molar-refractivity contribution < 1.29 is 19.8 Å². The summed E-state index contributed by atoms with van der Waals surface area (Å²) in [4.78, 5) is 21.2. The quantitative estimate of drug-likeness (QED) is 0.567. The zero-order valence-corrected chi connectivity index (χ0v) is 10.6. The SMILES string of the molecule is CCc1ccc(/C=N\N(CC(=O)O)CC(=O)O)cc1. The highest BCUT2D eigenvalue weighted by Gasteiger charge is 2.10. The molecule has 0 amide bonds. The van der Waals surface area contributed by atoms with Gasteiger partial charge in [-0.25, -0.2) is 0 Å². The molecule has 0 aliphatic rings. The van der Waals surface area contributed by atoms with Crippen molar-refractivity contribution in [2.24, 2.45) is 5.10 Å². The molecule has 0 unspecified atom stereocenters. The number of hydrogen-bond donors (Lipinski definition) is 2. The van der Waals surface area contributed by atoms with Crippen molar-refractivity contribution in [1.82, 2.24) is 5.01 Å². The molecule has 1 aromatic carbocycles. The van der Waals surface area contributed by atoms with E-state index in [0.29, 0.717) is 0 Å². The van der Waals surface area contributed by atoms with Gasteiger partial charge in [0, 0.05) is 0 Å². The lowest BCUT2D eigenvalue weighted by atomic mass is 10.1.